The summed E-state index contributed by atoms with van der Waals surface area (Å²) in [4.78, 5) is 1.05. The van der Waals surface area contributed by atoms with Gasteiger partial charge in [0.05, 0.1) is 10.6 Å². The summed E-state index contributed by atoms with van der Waals surface area (Å²) in [7, 11) is 0. The Kier molecular flexibility index (Phi) is 2.54. The minimum Gasteiger partial charge on any atom is -0.397 e. The van der Waals surface area contributed by atoms with Crippen LogP contribution < -0.4 is 5.73 Å². The molecule has 3 aromatic rings. The zero-order valence-corrected chi connectivity index (χ0v) is 10.6. The van der Waals surface area contributed by atoms with Crippen molar-refractivity contribution in [3.8, 4) is 10.4 Å². The lowest BCUT2D eigenvalue weighted by Gasteiger charge is -2.02. The number of rotatable bonds is 1. The molecule has 2 N–H and O–H groups in total. The van der Waals surface area contributed by atoms with Gasteiger partial charge in [-0.05, 0) is 12.1 Å². The summed E-state index contributed by atoms with van der Waals surface area (Å²) >= 11 is 7.89. The fourth-order valence-electron chi connectivity index (χ4n) is 1.91. The van der Waals surface area contributed by atoms with Crippen LogP contribution in [0, 0.1) is 0 Å². The quantitative estimate of drug-likeness (QED) is 0.667. The van der Waals surface area contributed by atoms with Gasteiger partial charge in [0.25, 0.3) is 0 Å². The normalized spacial score (nSPS) is 10.9. The van der Waals surface area contributed by atoms with Crippen molar-refractivity contribution in [3.05, 3.63) is 53.6 Å². The third-order valence-electron chi connectivity index (χ3n) is 2.75. The fraction of sp³-hybridized carbons (Fsp3) is 0. The minimum atomic E-state index is 0.741. The molecular weight excluding hydrogens is 250 g/mol. The molecule has 0 saturated carbocycles. The van der Waals surface area contributed by atoms with Gasteiger partial charge in [0, 0.05) is 20.7 Å². The van der Waals surface area contributed by atoms with E-state index >= 15 is 0 Å². The molecule has 0 fully saturated rings. The lowest BCUT2D eigenvalue weighted by atomic mass is 10.1. The molecule has 3 rings (SSSR count). The Bertz CT molecular complexity index is 688. The molecule has 1 heterocycles. The van der Waals surface area contributed by atoms with Crippen molar-refractivity contribution in [3.63, 3.8) is 0 Å². The van der Waals surface area contributed by atoms with Crippen LogP contribution in [0.4, 0.5) is 5.69 Å². The first-order chi connectivity index (χ1) is 8.27. The van der Waals surface area contributed by atoms with Crippen LogP contribution in [0.1, 0.15) is 0 Å². The topological polar surface area (TPSA) is 26.0 Å². The number of hydrogen-bond acceptors (Lipinski definition) is 2. The van der Waals surface area contributed by atoms with E-state index in [1.165, 1.54) is 4.70 Å². The average Bonchev–Trinajstić information content (AvgIpc) is 2.68. The molecule has 84 valence electrons. The predicted octanol–water partition coefficient (Wildman–Crippen LogP) is 4.80. The zero-order chi connectivity index (χ0) is 11.8. The monoisotopic (exact) mass is 259 g/mol. The van der Waals surface area contributed by atoms with E-state index in [-0.39, 0.29) is 0 Å². The van der Waals surface area contributed by atoms with Gasteiger partial charge >= 0.3 is 0 Å². The first-order valence-corrected chi connectivity index (χ1v) is 6.49. The average molecular weight is 260 g/mol. The summed E-state index contributed by atoms with van der Waals surface area (Å²) in [5.41, 5.74) is 8.02. The largest absolute Gasteiger partial charge is 0.397 e. The molecule has 0 amide bonds. The molecule has 2 aromatic carbocycles. The summed E-state index contributed by atoms with van der Waals surface area (Å²) in [6.07, 6.45) is 0. The Morgan fingerprint density at radius 2 is 1.65 bits per heavy atom. The van der Waals surface area contributed by atoms with Gasteiger partial charge < -0.3 is 5.73 Å². The molecule has 17 heavy (non-hydrogen) atoms. The van der Waals surface area contributed by atoms with E-state index in [0.717, 1.165) is 26.5 Å². The molecule has 0 atom stereocenters. The van der Waals surface area contributed by atoms with Crippen molar-refractivity contribution >= 4 is 38.7 Å². The second-order valence-corrected chi connectivity index (χ2v) is 5.28. The van der Waals surface area contributed by atoms with Crippen molar-refractivity contribution in [2.24, 2.45) is 0 Å². The van der Waals surface area contributed by atoms with Crippen LogP contribution in [0.25, 0.3) is 20.5 Å². The van der Waals surface area contributed by atoms with Crippen molar-refractivity contribution in [1.82, 2.24) is 0 Å². The molecule has 0 aliphatic carbocycles. The number of anilines is 1. The van der Waals surface area contributed by atoms with Gasteiger partial charge in [-0.15, -0.1) is 11.3 Å². The Hall–Kier alpha value is -1.51. The SMILES string of the molecule is Nc1c(-c2ccccc2Cl)sc2ccccc12. The molecule has 1 nitrogen and oxygen atoms in total. The van der Waals surface area contributed by atoms with Gasteiger partial charge in [0.1, 0.15) is 0 Å². The first kappa shape index (κ1) is 10.6. The molecule has 0 unspecified atom stereocenters. The maximum absolute atomic E-state index is 6.21. The van der Waals surface area contributed by atoms with Gasteiger partial charge in [-0.3, -0.25) is 0 Å². The van der Waals surface area contributed by atoms with Crippen LogP contribution in [-0.4, -0.2) is 0 Å². The second-order valence-electron chi connectivity index (χ2n) is 3.82. The van der Waals surface area contributed by atoms with Crippen LogP contribution in [-0.2, 0) is 0 Å². The van der Waals surface area contributed by atoms with Crippen molar-refractivity contribution in [1.29, 1.82) is 0 Å². The van der Waals surface area contributed by atoms with E-state index in [9.17, 15) is 0 Å². The van der Waals surface area contributed by atoms with E-state index < -0.39 is 0 Å². The summed E-state index contributed by atoms with van der Waals surface area (Å²) in [6, 6.07) is 15.9. The van der Waals surface area contributed by atoms with E-state index in [1.807, 2.05) is 42.5 Å². The molecule has 0 aliphatic rings. The Labute approximate surface area is 108 Å². The van der Waals surface area contributed by atoms with Gasteiger partial charge in [0.2, 0.25) is 0 Å². The number of benzene rings is 2. The van der Waals surface area contributed by atoms with E-state index in [4.69, 9.17) is 17.3 Å². The van der Waals surface area contributed by atoms with Crippen molar-refractivity contribution < 1.29 is 0 Å². The lowest BCUT2D eigenvalue weighted by molar-refractivity contribution is 1.69. The van der Waals surface area contributed by atoms with Crippen LogP contribution in [0.5, 0.6) is 0 Å². The highest BCUT2D eigenvalue weighted by molar-refractivity contribution is 7.23. The third-order valence-corrected chi connectivity index (χ3v) is 4.30. The van der Waals surface area contributed by atoms with Gasteiger partial charge in [-0.2, -0.15) is 0 Å². The lowest BCUT2D eigenvalue weighted by Crippen LogP contribution is -1.85. The number of hydrogen-bond donors (Lipinski definition) is 1. The molecule has 0 saturated heterocycles. The van der Waals surface area contributed by atoms with E-state index in [0.29, 0.717) is 0 Å². The van der Waals surface area contributed by atoms with Crippen molar-refractivity contribution in [2.75, 3.05) is 5.73 Å². The smallest absolute Gasteiger partial charge is 0.0600 e. The van der Waals surface area contributed by atoms with Crippen LogP contribution >= 0.6 is 22.9 Å². The molecule has 0 aliphatic heterocycles. The number of thiophene rings is 1. The standard InChI is InChI=1S/C14H10ClNS/c15-11-7-3-1-5-9(11)14-13(16)10-6-2-4-8-12(10)17-14/h1-8H,16H2. The van der Waals surface area contributed by atoms with Crippen LogP contribution in [0.2, 0.25) is 5.02 Å². The summed E-state index contributed by atoms with van der Waals surface area (Å²) < 4.78 is 1.19. The van der Waals surface area contributed by atoms with Gasteiger partial charge in [-0.1, -0.05) is 48.0 Å². The third kappa shape index (κ3) is 1.70. The number of halogens is 1. The summed E-state index contributed by atoms with van der Waals surface area (Å²) in [5.74, 6) is 0. The highest BCUT2D eigenvalue weighted by Crippen LogP contribution is 2.42. The zero-order valence-electron chi connectivity index (χ0n) is 8.98. The first-order valence-electron chi connectivity index (χ1n) is 5.29. The van der Waals surface area contributed by atoms with Crippen LogP contribution in [0.3, 0.4) is 0 Å². The highest BCUT2D eigenvalue weighted by atomic mass is 35.5. The summed E-state index contributed by atoms with van der Waals surface area (Å²) in [6.45, 7) is 0. The predicted molar refractivity (Wildman–Crippen MR) is 76.7 cm³/mol. The number of nitrogen functional groups attached to an aromatic ring is 1. The fourth-order valence-corrected chi connectivity index (χ4v) is 3.36. The molecule has 0 bridgehead atoms. The van der Waals surface area contributed by atoms with E-state index in [2.05, 4.69) is 6.07 Å². The molecule has 1 aromatic heterocycles. The van der Waals surface area contributed by atoms with Crippen molar-refractivity contribution in [2.45, 2.75) is 0 Å². The molecule has 0 radical (unpaired) electrons. The van der Waals surface area contributed by atoms with Gasteiger partial charge in [0.15, 0.2) is 0 Å². The number of fused-ring (bicyclic) bond motifs is 1. The second kappa shape index (κ2) is 4.06. The molecular formula is C14H10ClNS. The Morgan fingerprint density at radius 1 is 0.941 bits per heavy atom. The maximum Gasteiger partial charge on any atom is 0.0600 e. The number of nitrogens with two attached hydrogens (primary N) is 1. The highest BCUT2D eigenvalue weighted by Gasteiger charge is 2.12. The van der Waals surface area contributed by atoms with Gasteiger partial charge in [-0.25, -0.2) is 0 Å². The maximum atomic E-state index is 6.21. The van der Waals surface area contributed by atoms with Crippen LogP contribution in [0.15, 0.2) is 48.5 Å². The minimum absolute atomic E-state index is 0.741. The Balaban J connectivity index is 2.32. The van der Waals surface area contributed by atoms with E-state index in [1.54, 1.807) is 11.3 Å². The summed E-state index contributed by atoms with van der Waals surface area (Å²) in [5, 5.41) is 1.85. The Morgan fingerprint density at radius 3 is 2.41 bits per heavy atom. The molecule has 0 spiro atoms. The molecule has 3 heteroatoms.